The van der Waals surface area contributed by atoms with Gasteiger partial charge in [0, 0.05) is 46.2 Å². The third-order valence-electron chi connectivity index (χ3n) is 9.24. The maximum Gasteiger partial charge on any atom is 0.411 e. The molecule has 0 saturated heterocycles. The van der Waals surface area contributed by atoms with E-state index in [4.69, 9.17) is 4.74 Å². The Bertz CT molecular complexity index is 1930. The first kappa shape index (κ1) is 29.6. The Morgan fingerprint density at radius 1 is 0.739 bits per heavy atom. The van der Waals surface area contributed by atoms with Crippen molar-refractivity contribution in [2.45, 2.75) is 32.6 Å². The predicted molar refractivity (Wildman–Crippen MR) is 173 cm³/mol. The summed E-state index contributed by atoms with van der Waals surface area (Å²) in [6.07, 6.45) is 2.39. The number of anilines is 1. The molecule has 234 valence electrons. The lowest BCUT2D eigenvalue weighted by Crippen LogP contribution is -2.42. The van der Waals surface area contributed by atoms with E-state index in [1.165, 1.54) is 20.9 Å². The van der Waals surface area contributed by atoms with Crippen LogP contribution in [-0.4, -0.2) is 84.3 Å². The van der Waals surface area contributed by atoms with E-state index in [1.807, 2.05) is 31.3 Å². The van der Waals surface area contributed by atoms with Gasteiger partial charge >= 0.3 is 6.09 Å². The molecule has 10 heteroatoms. The van der Waals surface area contributed by atoms with Crippen molar-refractivity contribution >= 4 is 57.0 Å². The minimum Gasteiger partial charge on any atom is -0.450 e. The largest absolute Gasteiger partial charge is 0.450 e. The summed E-state index contributed by atoms with van der Waals surface area (Å²) in [5.74, 6) is -1.23. The molecule has 0 saturated carbocycles. The predicted octanol–water partition coefficient (Wildman–Crippen LogP) is 5.26. The van der Waals surface area contributed by atoms with Crippen molar-refractivity contribution in [3.8, 4) is 0 Å². The summed E-state index contributed by atoms with van der Waals surface area (Å²) in [5, 5.41) is 5.80. The Morgan fingerprint density at radius 3 is 1.89 bits per heavy atom. The van der Waals surface area contributed by atoms with Gasteiger partial charge in [-0.1, -0.05) is 24.3 Å². The number of carbonyl (C=O) groups is 5. The van der Waals surface area contributed by atoms with E-state index < -0.39 is 12.0 Å². The zero-order valence-corrected chi connectivity index (χ0v) is 25.9. The van der Waals surface area contributed by atoms with Crippen molar-refractivity contribution in [1.29, 1.82) is 0 Å². The first-order chi connectivity index (χ1) is 22.3. The quantitative estimate of drug-likeness (QED) is 0.241. The van der Waals surface area contributed by atoms with Crippen molar-refractivity contribution < 1.29 is 28.7 Å². The van der Waals surface area contributed by atoms with E-state index in [0.29, 0.717) is 71.2 Å². The van der Waals surface area contributed by atoms with Gasteiger partial charge in [0.25, 0.3) is 23.6 Å². The molecule has 7 rings (SSSR count). The lowest BCUT2D eigenvalue weighted by atomic mass is 9.91. The molecule has 0 atom stereocenters. The van der Waals surface area contributed by atoms with Gasteiger partial charge in [-0.25, -0.2) is 4.79 Å². The third kappa shape index (κ3) is 4.89. The maximum absolute atomic E-state index is 13.5. The van der Waals surface area contributed by atoms with Crippen LogP contribution in [0, 0.1) is 0 Å². The molecule has 0 fully saturated rings. The number of amides is 5. The van der Waals surface area contributed by atoms with Crippen LogP contribution in [0.5, 0.6) is 0 Å². The maximum atomic E-state index is 13.5. The molecular weight excluding hydrogens is 584 g/mol. The van der Waals surface area contributed by atoms with Gasteiger partial charge in [-0.15, -0.1) is 0 Å². The topological polar surface area (TPSA) is 116 Å². The highest BCUT2D eigenvalue weighted by atomic mass is 16.5. The Hall–Kier alpha value is -5.09. The smallest absolute Gasteiger partial charge is 0.411 e. The lowest BCUT2D eigenvalue weighted by molar-refractivity contribution is 0.0596. The van der Waals surface area contributed by atoms with Crippen molar-refractivity contribution in [2.75, 3.05) is 45.2 Å². The molecule has 1 N–H and O–H groups in total. The molecule has 4 aromatic carbocycles. The van der Waals surface area contributed by atoms with E-state index in [1.54, 1.807) is 37.3 Å². The van der Waals surface area contributed by atoms with Crippen LogP contribution in [0.1, 0.15) is 72.3 Å². The first-order valence-corrected chi connectivity index (χ1v) is 15.8. The summed E-state index contributed by atoms with van der Waals surface area (Å²) in [6.45, 7) is 3.69. The van der Waals surface area contributed by atoms with Gasteiger partial charge in [0.2, 0.25) is 0 Å². The molecule has 2 aliphatic heterocycles. The van der Waals surface area contributed by atoms with E-state index in [2.05, 4.69) is 10.2 Å². The summed E-state index contributed by atoms with van der Waals surface area (Å²) in [4.78, 5) is 70.4. The van der Waals surface area contributed by atoms with E-state index >= 15 is 0 Å². The van der Waals surface area contributed by atoms with Crippen LogP contribution < -0.4 is 5.32 Å². The number of rotatable bonds is 10. The van der Waals surface area contributed by atoms with Crippen LogP contribution in [0.2, 0.25) is 0 Å². The molecule has 0 radical (unpaired) electrons. The Labute approximate surface area is 265 Å². The van der Waals surface area contributed by atoms with Gasteiger partial charge in [0.1, 0.15) is 0 Å². The molecule has 0 spiro atoms. The van der Waals surface area contributed by atoms with Crippen molar-refractivity contribution in [1.82, 2.24) is 14.7 Å². The number of nitrogens with one attached hydrogen (secondary N) is 1. The van der Waals surface area contributed by atoms with Crippen LogP contribution >= 0.6 is 0 Å². The van der Waals surface area contributed by atoms with Gasteiger partial charge in [0.15, 0.2) is 0 Å². The number of ether oxygens (including phenoxy) is 1. The fraction of sp³-hybridized carbons (Fsp3) is 0.306. The van der Waals surface area contributed by atoms with Gasteiger partial charge in [-0.3, -0.25) is 34.3 Å². The molecule has 3 aliphatic rings. The molecule has 46 heavy (non-hydrogen) atoms. The zero-order chi connectivity index (χ0) is 32.1. The molecular formula is C36H34N4O6. The highest BCUT2D eigenvalue weighted by Gasteiger charge is 2.35. The minimum atomic E-state index is -0.617. The number of nitrogens with zero attached hydrogens (tertiary/aromatic N) is 3. The number of hydrogen-bond donors (Lipinski definition) is 1. The summed E-state index contributed by atoms with van der Waals surface area (Å²) in [5.41, 5.74) is 4.83. The molecule has 0 bridgehead atoms. The standard InChI is InChI=1S/C36H34N4O6/c1-3-46-36(45)37-24-19-23-7-4-8-25-30(23)28(20-24)35(44)40(32(25)41)18-6-16-38(2)15-5-17-39-33(42)26-13-11-21-9-10-22-12-14-27(34(39)43)31(26)29(21)22/h4,7-8,11-14,19-20H,3,5-6,9-10,15-18H2,1-2H3,(H,37,45). The van der Waals surface area contributed by atoms with Crippen molar-refractivity contribution in [3.63, 3.8) is 0 Å². The molecule has 2 heterocycles. The summed E-state index contributed by atoms with van der Waals surface area (Å²) in [6, 6.07) is 16.4. The summed E-state index contributed by atoms with van der Waals surface area (Å²) in [7, 11) is 1.94. The Kier molecular flexibility index (Phi) is 7.52. The van der Waals surface area contributed by atoms with Crippen LogP contribution in [0.4, 0.5) is 10.5 Å². The van der Waals surface area contributed by atoms with E-state index in [-0.39, 0.29) is 30.9 Å². The monoisotopic (exact) mass is 618 g/mol. The van der Waals surface area contributed by atoms with Crippen LogP contribution in [-0.2, 0) is 17.6 Å². The fourth-order valence-electron chi connectivity index (χ4n) is 7.10. The third-order valence-corrected chi connectivity index (χ3v) is 9.24. The SMILES string of the molecule is CCOC(=O)Nc1cc2c3c(cccc3c1)C(=O)N(CCCN(C)CCCN1C(=O)c3ccc4c5c(ccc(c35)C1=O)CC4)C2=O. The average Bonchev–Trinajstić information content (AvgIpc) is 3.47. The van der Waals surface area contributed by atoms with Crippen LogP contribution in [0.25, 0.3) is 21.5 Å². The normalized spacial score (nSPS) is 15.1. The molecule has 5 amide bonds. The molecule has 0 unspecified atom stereocenters. The molecule has 0 aromatic heterocycles. The van der Waals surface area contributed by atoms with Crippen molar-refractivity contribution in [2.24, 2.45) is 0 Å². The Morgan fingerprint density at radius 2 is 1.30 bits per heavy atom. The van der Waals surface area contributed by atoms with Gasteiger partial charge in [-0.05, 0) is 105 Å². The van der Waals surface area contributed by atoms with E-state index in [9.17, 15) is 24.0 Å². The summed E-state index contributed by atoms with van der Waals surface area (Å²) < 4.78 is 4.98. The molecule has 4 aromatic rings. The molecule has 10 nitrogen and oxygen atoms in total. The second-order valence-electron chi connectivity index (χ2n) is 12.1. The Balaban J connectivity index is 0.966. The highest BCUT2D eigenvalue weighted by molar-refractivity contribution is 6.27. The fourth-order valence-corrected chi connectivity index (χ4v) is 7.10. The summed E-state index contributed by atoms with van der Waals surface area (Å²) >= 11 is 0. The first-order valence-electron chi connectivity index (χ1n) is 15.8. The lowest BCUT2D eigenvalue weighted by Gasteiger charge is -2.29. The molecule has 1 aliphatic carbocycles. The zero-order valence-electron chi connectivity index (χ0n) is 25.9. The second kappa shape index (κ2) is 11.7. The van der Waals surface area contributed by atoms with Gasteiger partial charge in [0.05, 0.1) is 12.2 Å². The van der Waals surface area contributed by atoms with Crippen LogP contribution in [0.3, 0.4) is 0 Å². The average molecular weight is 619 g/mol. The van der Waals surface area contributed by atoms with Gasteiger partial charge in [-0.2, -0.15) is 0 Å². The number of imide groups is 2. The van der Waals surface area contributed by atoms with Gasteiger partial charge < -0.3 is 9.64 Å². The van der Waals surface area contributed by atoms with E-state index in [0.717, 1.165) is 23.6 Å². The number of hydrogen-bond acceptors (Lipinski definition) is 7. The minimum absolute atomic E-state index is 0.216. The number of benzene rings is 4. The van der Waals surface area contributed by atoms with Crippen molar-refractivity contribution in [3.05, 3.63) is 88.0 Å². The number of carbonyl (C=O) groups excluding carboxylic acids is 5. The number of aryl methyl sites for hydroxylation is 2. The second-order valence-corrected chi connectivity index (χ2v) is 12.1. The van der Waals surface area contributed by atoms with Crippen LogP contribution in [0.15, 0.2) is 54.6 Å². The highest BCUT2D eigenvalue weighted by Crippen LogP contribution is 2.38.